The maximum Gasteiger partial charge on any atom is 0.134 e. The molecule has 0 amide bonds. The fraction of sp³-hybridized carbons (Fsp3) is 0.200. The first-order valence-corrected chi connectivity index (χ1v) is 6.10. The number of hydrogen-bond donors (Lipinski definition) is 2. The standard InChI is InChI=1S/C15H16FNO2/c16-13-5-3-7-15(12(13)10-17)19-14-6-2-1-4-11(14)8-9-18/h1-7,18H,8-10,17H2. The average Bonchev–Trinajstić information content (AvgIpc) is 2.41. The average molecular weight is 261 g/mol. The van der Waals surface area contributed by atoms with Crippen LogP contribution in [0.4, 0.5) is 4.39 Å². The van der Waals surface area contributed by atoms with E-state index < -0.39 is 0 Å². The van der Waals surface area contributed by atoms with E-state index in [0.717, 1.165) is 5.56 Å². The predicted octanol–water partition coefficient (Wildman–Crippen LogP) is 2.61. The second-order valence-electron chi connectivity index (χ2n) is 4.10. The molecule has 19 heavy (non-hydrogen) atoms. The van der Waals surface area contributed by atoms with Crippen molar-refractivity contribution in [2.24, 2.45) is 5.73 Å². The van der Waals surface area contributed by atoms with E-state index in [2.05, 4.69) is 0 Å². The van der Waals surface area contributed by atoms with Crippen LogP contribution in [0.3, 0.4) is 0 Å². The van der Waals surface area contributed by atoms with Gasteiger partial charge in [-0.15, -0.1) is 0 Å². The number of aliphatic hydroxyl groups excluding tert-OH is 1. The molecule has 0 radical (unpaired) electrons. The fourth-order valence-electron chi connectivity index (χ4n) is 1.88. The Morgan fingerprint density at radius 1 is 1.05 bits per heavy atom. The minimum atomic E-state index is -0.375. The van der Waals surface area contributed by atoms with E-state index in [1.807, 2.05) is 18.2 Å². The summed E-state index contributed by atoms with van der Waals surface area (Å²) in [4.78, 5) is 0. The van der Waals surface area contributed by atoms with Crippen molar-refractivity contribution >= 4 is 0 Å². The van der Waals surface area contributed by atoms with Crippen molar-refractivity contribution in [2.75, 3.05) is 6.61 Å². The van der Waals surface area contributed by atoms with E-state index in [1.165, 1.54) is 6.07 Å². The van der Waals surface area contributed by atoms with Crippen molar-refractivity contribution in [1.29, 1.82) is 0 Å². The van der Waals surface area contributed by atoms with E-state index in [0.29, 0.717) is 23.5 Å². The Morgan fingerprint density at radius 3 is 2.53 bits per heavy atom. The van der Waals surface area contributed by atoms with Crippen LogP contribution >= 0.6 is 0 Å². The van der Waals surface area contributed by atoms with Crippen LogP contribution in [0.1, 0.15) is 11.1 Å². The molecule has 0 aliphatic rings. The van der Waals surface area contributed by atoms with Gasteiger partial charge in [0.2, 0.25) is 0 Å². The van der Waals surface area contributed by atoms with Crippen molar-refractivity contribution in [3.63, 3.8) is 0 Å². The molecule has 2 rings (SSSR count). The highest BCUT2D eigenvalue weighted by atomic mass is 19.1. The summed E-state index contributed by atoms with van der Waals surface area (Å²) in [6, 6.07) is 12.0. The van der Waals surface area contributed by atoms with E-state index in [1.54, 1.807) is 18.2 Å². The maximum absolute atomic E-state index is 13.6. The van der Waals surface area contributed by atoms with Crippen molar-refractivity contribution < 1.29 is 14.2 Å². The van der Waals surface area contributed by atoms with E-state index in [-0.39, 0.29) is 19.0 Å². The molecule has 3 N–H and O–H groups in total. The SMILES string of the molecule is NCc1c(F)cccc1Oc1ccccc1CCO. The third-order valence-electron chi connectivity index (χ3n) is 2.85. The van der Waals surface area contributed by atoms with Gasteiger partial charge in [0.05, 0.1) is 0 Å². The molecule has 0 unspecified atom stereocenters. The van der Waals surface area contributed by atoms with Crippen LogP contribution in [0.2, 0.25) is 0 Å². The Morgan fingerprint density at radius 2 is 1.79 bits per heavy atom. The normalized spacial score (nSPS) is 10.5. The number of benzene rings is 2. The van der Waals surface area contributed by atoms with Crippen LogP contribution in [0.25, 0.3) is 0 Å². The van der Waals surface area contributed by atoms with Crippen LogP contribution in [0, 0.1) is 5.82 Å². The topological polar surface area (TPSA) is 55.5 Å². The third kappa shape index (κ3) is 3.10. The van der Waals surface area contributed by atoms with Gasteiger partial charge in [-0.2, -0.15) is 0 Å². The van der Waals surface area contributed by atoms with Crippen molar-refractivity contribution in [2.45, 2.75) is 13.0 Å². The van der Waals surface area contributed by atoms with Gasteiger partial charge in [-0.25, -0.2) is 4.39 Å². The van der Waals surface area contributed by atoms with Gasteiger partial charge < -0.3 is 15.6 Å². The lowest BCUT2D eigenvalue weighted by atomic mass is 10.1. The lowest BCUT2D eigenvalue weighted by Crippen LogP contribution is -2.03. The molecule has 100 valence electrons. The molecule has 0 saturated carbocycles. The summed E-state index contributed by atoms with van der Waals surface area (Å²) in [5, 5.41) is 9.02. The van der Waals surface area contributed by atoms with Crippen molar-refractivity contribution in [3.05, 3.63) is 59.4 Å². The van der Waals surface area contributed by atoms with E-state index in [4.69, 9.17) is 15.6 Å². The first kappa shape index (κ1) is 13.5. The summed E-state index contributed by atoms with van der Waals surface area (Å²) >= 11 is 0. The van der Waals surface area contributed by atoms with Crippen LogP contribution < -0.4 is 10.5 Å². The molecule has 0 heterocycles. The Kier molecular flexibility index (Phi) is 4.49. The van der Waals surface area contributed by atoms with Crippen LogP contribution in [-0.2, 0) is 13.0 Å². The molecule has 3 nitrogen and oxygen atoms in total. The summed E-state index contributed by atoms with van der Waals surface area (Å²) in [7, 11) is 0. The number of nitrogens with two attached hydrogens (primary N) is 1. The zero-order chi connectivity index (χ0) is 13.7. The number of rotatable bonds is 5. The van der Waals surface area contributed by atoms with Gasteiger partial charge in [0.1, 0.15) is 17.3 Å². The molecule has 4 heteroatoms. The molecule has 0 aromatic heterocycles. The molecule has 0 spiro atoms. The largest absolute Gasteiger partial charge is 0.457 e. The van der Waals surface area contributed by atoms with Gasteiger partial charge in [0, 0.05) is 18.7 Å². The second kappa shape index (κ2) is 6.31. The summed E-state index contributed by atoms with van der Waals surface area (Å²) in [6.45, 7) is 0.109. The van der Waals surface area contributed by atoms with Crippen LogP contribution in [-0.4, -0.2) is 11.7 Å². The summed E-state index contributed by atoms with van der Waals surface area (Å²) in [5.74, 6) is 0.643. The number of para-hydroxylation sites is 1. The van der Waals surface area contributed by atoms with Crippen molar-refractivity contribution in [1.82, 2.24) is 0 Å². The van der Waals surface area contributed by atoms with Gasteiger partial charge in [-0.1, -0.05) is 24.3 Å². The lowest BCUT2D eigenvalue weighted by Gasteiger charge is -2.13. The van der Waals surface area contributed by atoms with Gasteiger partial charge in [-0.05, 0) is 30.2 Å². The molecule has 0 aliphatic carbocycles. The van der Waals surface area contributed by atoms with Gasteiger partial charge in [-0.3, -0.25) is 0 Å². The molecule has 0 atom stereocenters. The lowest BCUT2D eigenvalue weighted by molar-refractivity contribution is 0.297. The summed E-state index contributed by atoms with van der Waals surface area (Å²) < 4.78 is 19.3. The Balaban J connectivity index is 2.33. The van der Waals surface area contributed by atoms with Gasteiger partial charge >= 0.3 is 0 Å². The highest BCUT2D eigenvalue weighted by Crippen LogP contribution is 2.29. The molecule has 2 aromatic carbocycles. The molecule has 2 aromatic rings. The zero-order valence-corrected chi connectivity index (χ0v) is 10.5. The number of halogens is 1. The minimum Gasteiger partial charge on any atom is -0.457 e. The van der Waals surface area contributed by atoms with Gasteiger partial charge in [0.15, 0.2) is 0 Å². The minimum absolute atomic E-state index is 0.0350. The number of aliphatic hydroxyl groups is 1. The van der Waals surface area contributed by atoms with E-state index in [9.17, 15) is 4.39 Å². The Hall–Kier alpha value is -1.91. The molecular formula is C15H16FNO2. The Bertz CT molecular complexity index is 558. The van der Waals surface area contributed by atoms with Crippen molar-refractivity contribution in [3.8, 4) is 11.5 Å². The Labute approximate surface area is 111 Å². The predicted molar refractivity (Wildman–Crippen MR) is 71.6 cm³/mol. The zero-order valence-electron chi connectivity index (χ0n) is 10.5. The molecule has 0 fully saturated rings. The fourth-order valence-corrected chi connectivity index (χ4v) is 1.88. The second-order valence-corrected chi connectivity index (χ2v) is 4.10. The molecule has 0 saturated heterocycles. The highest BCUT2D eigenvalue weighted by molar-refractivity contribution is 5.42. The molecular weight excluding hydrogens is 245 g/mol. The number of hydrogen-bond acceptors (Lipinski definition) is 3. The molecule has 0 bridgehead atoms. The quantitative estimate of drug-likeness (QED) is 0.869. The summed E-state index contributed by atoms with van der Waals surface area (Å²) in [5.41, 5.74) is 6.76. The van der Waals surface area contributed by atoms with Crippen LogP contribution in [0.15, 0.2) is 42.5 Å². The van der Waals surface area contributed by atoms with Crippen LogP contribution in [0.5, 0.6) is 11.5 Å². The molecule has 0 aliphatic heterocycles. The monoisotopic (exact) mass is 261 g/mol. The highest BCUT2D eigenvalue weighted by Gasteiger charge is 2.10. The van der Waals surface area contributed by atoms with E-state index >= 15 is 0 Å². The summed E-state index contributed by atoms with van der Waals surface area (Å²) in [6.07, 6.45) is 0.490. The smallest absolute Gasteiger partial charge is 0.134 e. The first-order valence-electron chi connectivity index (χ1n) is 6.10. The van der Waals surface area contributed by atoms with Gasteiger partial charge in [0.25, 0.3) is 0 Å². The third-order valence-corrected chi connectivity index (χ3v) is 2.85. The maximum atomic E-state index is 13.6. The first-order chi connectivity index (χ1) is 9.26. The number of ether oxygens (including phenoxy) is 1.